The lowest BCUT2D eigenvalue weighted by atomic mass is 9.98. The first kappa shape index (κ1) is 14.7. The maximum Gasteiger partial charge on any atom is 0.231 e. The smallest absolute Gasteiger partial charge is 0.231 e. The number of benzene rings is 1. The lowest BCUT2D eigenvalue weighted by molar-refractivity contribution is 0.174. The van der Waals surface area contributed by atoms with E-state index < -0.39 is 0 Å². The van der Waals surface area contributed by atoms with Gasteiger partial charge in [-0.05, 0) is 57.4 Å². The van der Waals surface area contributed by atoms with E-state index in [1.807, 2.05) is 6.07 Å². The van der Waals surface area contributed by atoms with Crippen LogP contribution in [0.15, 0.2) is 18.2 Å². The van der Waals surface area contributed by atoms with Crippen LogP contribution >= 0.6 is 0 Å². The molecule has 1 aromatic carbocycles. The summed E-state index contributed by atoms with van der Waals surface area (Å²) in [5.74, 6) is 1.72. The number of piperidine rings is 1. The maximum atomic E-state index is 5.46. The van der Waals surface area contributed by atoms with E-state index in [2.05, 4.69) is 36.6 Å². The van der Waals surface area contributed by atoms with Crippen molar-refractivity contribution in [1.82, 2.24) is 10.6 Å². The first-order valence-corrected chi connectivity index (χ1v) is 8.11. The highest BCUT2D eigenvalue weighted by Gasteiger charge is 2.19. The van der Waals surface area contributed by atoms with Crippen molar-refractivity contribution >= 4 is 0 Å². The van der Waals surface area contributed by atoms with E-state index in [-0.39, 0.29) is 0 Å². The number of hydrogen-bond acceptors (Lipinski definition) is 4. The molecule has 2 aliphatic rings. The Balaban J connectivity index is 1.54. The molecule has 1 aromatic rings. The third-order valence-electron chi connectivity index (χ3n) is 4.48. The summed E-state index contributed by atoms with van der Waals surface area (Å²) in [6, 6.07) is 7.70. The molecule has 3 rings (SSSR count). The molecule has 0 radical (unpaired) electrons. The molecule has 116 valence electrons. The van der Waals surface area contributed by atoms with E-state index >= 15 is 0 Å². The van der Waals surface area contributed by atoms with Crippen molar-refractivity contribution in [2.75, 3.05) is 13.3 Å². The van der Waals surface area contributed by atoms with Gasteiger partial charge in [0.25, 0.3) is 0 Å². The molecule has 3 atom stereocenters. The minimum atomic E-state index is 0.318. The SMILES string of the molecule is CC(CC1CCCCN1)NC(C)c1ccc2c(c1)OCO2. The van der Waals surface area contributed by atoms with Crippen LogP contribution in [-0.4, -0.2) is 25.4 Å². The highest BCUT2D eigenvalue weighted by Crippen LogP contribution is 2.34. The molecule has 21 heavy (non-hydrogen) atoms. The van der Waals surface area contributed by atoms with Gasteiger partial charge in [0.2, 0.25) is 6.79 Å². The molecular formula is C17H26N2O2. The Labute approximate surface area is 127 Å². The van der Waals surface area contributed by atoms with Crippen molar-refractivity contribution in [2.24, 2.45) is 0 Å². The lowest BCUT2D eigenvalue weighted by Crippen LogP contribution is -2.40. The Morgan fingerprint density at radius 3 is 2.90 bits per heavy atom. The Bertz CT molecular complexity index is 472. The van der Waals surface area contributed by atoms with Crippen LogP contribution in [0.3, 0.4) is 0 Å². The molecule has 2 N–H and O–H groups in total. The van der Waals surface area contributed by atoms with Crippen molar-refractivity contribution in [2.45, 2.75) is 57.7 Å². The van der Waals surface area contributed by atoms with Crippen molar-refractivity contribution in [3.8, 4) is 11.5 Å². The second-order valence-electron chi connectivity index (χ2n) is 6.28. The average molecular weight is 290 g/mol. The Hall–Kier alpha value is -1.26. The fraction of sp³-hybridized carbons (Fsp3) is 0.647. The molecule has 4 nitrogen and oxygen atoms in total. The summed E-state index contributed by atoms with van der Waals surface area (Å²) in [5, 5.41) is 7.32. The van der Waals surface area contributed by atoms with Crippen LogP contribution in [0.25, 0.3) is 0 Å². The molecule has 0 aliphatic carbocycles. The van der Waals surface area contributed by atoms with Crippen molar-refractivity contribution in [1.29, 1.82) is 0 Å². The van der Waals surface area contributed by atoms with Crippen LogP contribution in [0.5, 0.6) is 11.5 Å². The zero-order chi connectivity index (χ0) is 14.7. The monoisotopic (exact) mass is 290 g/mol. The fourth-order valence-corrected chi connectivity index (χ4v) is 3.33. The van der Waals surface area contributed by atoms with Gasteiger partial charge < -0.3 is 20.1 Å². The van der Waals surface area contributed by atoms with Crippen LogP contribution in [-0.2, 0) is 0 Å². The summed E-state index contributed by atoms with van der Waals surface area (Å²) in [6.07, 6.45) is 5.19. The van der Waals surface area contributed by atoms with Gasteiger partial charge in [-0.15, -0.1) is 0 Å². The second-order valence-corrected chi connectivity index (χ2v) is 6.28. The minimum Gasteiger partial charge on any atom is -0.454 e. The number of nitrogens with one attached hydrogen (secondary N) is 2. The molecule has 0 saturated carbocycles. The first-order valence-electron chi connectivity index (χ1n) is 8.11. The zero-order valence-electron chi connectivity index (χ0n) is 13.0. The van der Waals surface area contributed by atoms with E-state index in [4.69, 9.17) is 9.47 Å². The quantitative estimate of drug-likeness (QED) is 0.875. The van der Waals surface area contributed by atoms with Crippen molar-refractivity contribution in [3.63, 3.8) is 0 Å². The predicted octanol–water partition coefficient (Wildman–Crippen LogP) is 2.99. The zero-order valence-corrected chi connectivity index (χ0v) is 13.0. The van der Waals surface area contributed by atoms with Crippen molar-refractivity contribution < 1.29 is 9.47 Å². The summed E-state index contributed by atoms with van der Waals surface area (Å²) in [7, 11) is 0. The molecule has 3 unspecified atom stereocenters. The Morgan fingerprint density at radius 1 is 1.24 bits per heavy atom. The molecule has 2 heterocycles. The Kier molecular flexibility index (Phi) is 4.66. The maximum absolute atomic E-state index is 5.46. The molecule has 0 aromatic heterocycles. The van der Waals surface area contributed by atoms with Crippen LogP contribution in [0.4, 0.5) is 0 Å². The summed E-state index contributed by atoms with van der Waals surface area (Å²) in [6.45, 7) is 6.00. The number of hydrogen-bond donors (Lipinski definition) is 2. The van der Waals surface area contributed by atoms with E-state index in [0.717, 1.165) is 11.5 Å². The van der Waals surface area contributed by atoms with Gasteiger partial charge >= 0.3 is 0 Å². The molecule has 0 amide bonds. The number of fused-ring (bicyclic) bond motifs is 1. The molecule has 4 heteroatoms. The van der Waals surface area contributed by atoms with Gasteiger partial charge in [-0.1, -0.05) is 12.5 Å². The van der Waals surface area contributed by atoms with Gasteiger partial charge in [0.15, 0.2) is 11.5 Å². The third kappa shape index (κ3) is 3.69. The van der Waals surface area contributed by atoms with Gasteiger partial charge in [-0.3, -0.25) is 0 Å². The van der Waals surface area contributed by atoms with Gasteiger partial charge in [0.05, 0.1) is 0 Å². The van der Waals surface area contributed by atoms with E-state index in [9.17, 15) is 0 Å². The summed E-state index contributed by atoms with van der Waals surface area (Å²) in [5.41, 5.74) is 1.25. The van der Waals surface area contributed by atoms with Gasteiger partial charge in [-0.2, -0.15) is 0 Å². The van der Waals surface area contributed by atoms with Crippen LogP contribution in [0, 0.1) is 0 Å². The topological polar surface area (TPSA) is 42.5 Å². The summed E-state index contributed by atoms with van der Waals surface area (Å²) >= 11 is 0. The normalized spacial score (nSPS) is 23.8. The first-order chi connectivity index (χ1) is 10.2. The standard InChI is InChI=1S/C17H26N2O2/c1-12(9-15-5-3-4-8-18-15)19-13(2)14-6-7-16-17(10-14)21-11-20-16/h6-7,10,12-13,15,18-19H,3-5,8-9,11H2,1-2H3. The number of rotatable bonds is 5. The van der Waals surface area contributed by atoms with Crippen LogP contribution < -0.4 is 20.1 Å². The average Bonchev–Trinajstić information content (AvgIpc) is 2.95. The molecule has 1 fully saturated rings. The molecule has 1 saturated heterocycles. The molecule has 2 aliphatic heterocycles. The Morgan fingerprint density at radius 2 is 2.10 bits per heavy atom. The van der Waals surface area contributed by atoms with Crippen molar-refractivity contribution in [3.05, 3.63) is 23.8 Å². The van der Waals surface area contributed by atoms with E-state index in [1.54, 1.807) is 0 Å². The molecule has 0 spiro atoms. The van der Waals surface area contributed by atoms with E-state index in [1.165, 1.54) is 37.8 Å². The summed E-state index contributed by atoms with van der Waals surface area (Å²) in [4.78, 5) is 0. The van der Waals surface area contributed by atoms with E-state index in [0.29, 0.717) is 24.9 Å². The highest BCUT2D eigenvalue weighted by molar-refractivity contribution is 5.45. The largest absolute Gasteiger partial charge is 0.454 e. The second kappa shape index (κ2) is 6.67. The number of ether oxygens (including phenoxy) is 2. The molecular weight excluding hydrogens is 264 g/mol. The predicted molar refractivity (Wildman–Crippen MR) is 83.8 cm³/mol. The third-order valence-corrected chi connectivity index (χ3v) is 4.48. The lowest BCUT2D eigenvalue weighted by Gasteiger charge is -2.28. The van der Waals surface area contributed by atoms with Gasteiger partial charge in [-0.25, -0.2) is 0 Å². The van der Waals surface area contributed by atoms with Gasteiger partial charge in [0, 0.05) is 18.1 Å². The van der Waals surface area contributed by atoms with Crippen LogP contribution in [0.2, 0.25) is 0 Å². The summed E-state index contributed by atoms with van der Waals surface area (Å²) < 4.78 is 10.8. The van der Waals surface area contributed by atoms with Gasteiger partial charge in [0.1, 0.15) is 0 Å². The minimum absolute atomic E-state index is 0.318. The molecule has 0 bridgehead atoms. The highest BCUT2D eigenvalue weighted by atomic mass is 16.7. The van der Waals surface area contributed by atoms with Crippen LogP contribution in [0.1, 0.15) is 51.1 Å². The fourth-order valence-electron chi connectivity index (χ4n) is 3.33.